The number of amides is 4. The number of hydrogen-bond donors (Lipinski definition) is 4. The highest BCUT2D eigenvalue weighted by Gasteiger charge is 2.44. The Morgan fingerprint density at radius 3 is 2.03 bits per heavy atom. The van der Waals surface area contributed by atoms with E-state index in [2.05, 4.69) is 30.3 Å². The van der Waals surface area contributed by atoms with Gasteiger partial charge < -0.3 is 49.3 Å². The number of likely N-dealkylation sites (tertiary alicyclic amines) is 2. The molecule has 0 aliphatic carbocycles. The fourth-order valence-electron chi connectivity index (χ4n) is 10.5. The monoisotopic (exact) mass is 1080 g/mol. The van der Waals surface area contributed by atoms with Gasteiger partial charge in [-0.2, -0.15) is 40.5 Å². The number of methoxy groups -OCH3 is 2. The Morgan fingerprint density at radius 1 is 0.808 bits per heavy atom. The van der Waals surface area contributed by atoms with E-state index in [9.17, 15) is 19.2 Å². The molecule has 10 rings (SSSR count). The van der Waals surface area contributed by atoms with Gasteiger partial charge >= 0.3 is 12.2 Å². The van der Waals surface area contributed by atoms with Gasteiger partial charge in [0.05, 0.1) is 71.7 Å². The second-order valence-corrected chi connectivity index (χ2v) is 20.2. The summed E-state index contributed by atoms with van der Waals surface area (Å²) in [7, 11) is 2.43. The highest BCUT2D eigenvalue weighted by Crippen LogP contribution is 2.48. The minimum atomic E-state index is -2.09. The largest absolute Gasteiger partial charge is 0.464 e. The minimum Gasteiger partial charge on any atom is -0.464 e. The summed E-state index contributed by atoms with van der Waals surface area (Å²) in [5, 5.41) is 6.01. The molecule has 4 aliphatic heterocycles. The maximum Gasteiger partial charge on any atom is 0.407 e. The highest BCUT2D eigenvalue weighted by molar-refractivity contribution is 7.59. The van der Waals surface area contributed by atoms with Crippen LogP contribution in [0, 0.1) is 18.7 Å². The van der Waals surface area contributed by atoms with Crippen LogP contribution in [0.15, 0.2) is 60.9 Å². The Bertz CT molecular complexity index is 2990. The van der Waals surface area contributed by atoms with Crippen LogP contribution in [-0.4, -0.2) is 117 Å². The molecular formula is C50H61F2N9O8S4. The molecule has 4 amide bonds. The Kier molecular flexibility index (Phi) is 16.9. The van der Waals surface area contributed by atoms with Gasteiger partial charge in [-0.3, -0.25) is 14.2 Å². The van der Waals surface area contributed by atoms with Crippen molar-refractivity contribution >= 4 is 86.7 Å². The number of hydrogen-bond acceptors (Lipinski definition) is 11. The van der Waals surface area contributed by atoms with Gasteiger partial charge in [0.1, 0.15) is 41.0 Å². The van der Waals surface area contributed by atoms with Crippen LogP contribution >= 0.6 is 51.8 Å². The average molecular weight is 1080 g/mol. The third kappa shape index (κ3) is 10.6. The number of carbonyl (C=O) groups is 4. The number of aromatic nitrogens is 5. The van der Waals surface area contributed by atoms with E-state index in [1.165, 1.54) is 31.9 Å². The zero-order chi connectivity index (χ0) is 49.0. The molecule has 17 nitrogen and oxygen atoms in total. The third-order valence-electron chi connectivity index (χ3n) is 14.0. The summed E-state index contributed by atoms with van der Waals surface area (Å²) in [6.45, 7) is 6.37. The predicted octanol–water partition coefficient (Wildman–Crippen LogP) is 8.83. The number of alkyl halides is 1. The van der Waals surface area contributed by atoms with E-state index >= 15 is 8.78 Å². The molecule has 392 valence electrons. The summed E-state index contributed by atoms with van der Waals surface area (Å²) >= 11 is 1.59. The van der Waals surface area contributed by atoms with Crippen LogP contribution < -0.4 is 15.4 Å². The third-order valence-corrected chi connectivity index (χ3v) is 15.0. The molecule has 3 saturated heterocycles. The van der Waals surface area contributed by atoms with Crippen molar-refractivity contribution in [3.63, 3.8) is 0 Å². The van der Waals surface area contributed by atoms with Gasteiger partial charge in [-0.1, -0.05) is 6.07 Å². The molecule has 8 heterocycles. The number of rotatable bonds is 11. The molecule has 0 saturated carbocycles. The number of fused-ring (bicyclic) bond motifs is 5. The number of halogens is 2. The Balaban J connectivity index is 0.00000260. The molecule has 4 aliphatic rings. The van der Waals surface area contributed by atoms with Gasteiger partial charge in [0.25, 0.3) is 0 Å². The lowest BCUT2D eigenvalue weighted by atomic mass is 9.90. The summed E-state index contributed by atoms with van der Waals surface area (Å²) in [6.07, 6.45) is 5.12. The lowest BCUT2D eigenvalue weighted by Gasteiger charge is -2.34. The lowest BCUT2D eigenvalue weighted by Crippen LogP contribution is -2.56. The number of aromatic amines is 2. The molecule has 2 aromatic carbocycles. The number of alkyl carbamates (subject to hydrolysis) is 2. The first-order chi connectivity index (χ1) is 33.7. The molecule has 0 bridgehead atoms. The lowest BCUT2D eigenvalue weighted by molar-refractivity contribution is -0.138. The highest BCUT2D eigenvalue weighted by atomic mass is 32.1. The van der Waals surface area contributed by atoms with E-state index in [0.29, 0.717) is 98.3 Å². The summed E-state index contributed by atoms with van der Waals surface area (Å²) < 4.78 is 56.1. The molecule has 23 heteroatoms. The first kappa shape index (κ1) is 55.0. The minimum absolute atomic E-state index is 0. The molecule has 0 radical (unpaired) electrons. The smallest absolute Gasteiger partial charge is 0.407 e. The SMILES string of the molecule is COC(=O)NC(C(=O)N1CCC[C@H]1c1ncc(-c2cc(F)c3c(c2)OC(c2ccc(C)s2)n2c-3cc3cc(-c4cnc([C@@H]5CCCN5C(=O)[C@@H](NC(=O)OC)C5CCOCC5)[nH]4)ccc32)[nH]1)C(C)(C)F.S.S.S. The number of benzene rings is 2. The zero-order valence-electron chi connectivity index (χ0n) is 41.0. The van der Waals surface area contributed by atoms with E-state index in [1.807, 2.05) is 52.8 Å². The summed E-state index contributed by atoms with van der Waals surface area (Å²) in [6, 6.07) is 12.2. The Morgan fingerprint density at radius 2 is 1.42 bits per heavy atom. The first-order valence-corrected chi connectivity index (χ1v) is 24.4. The number of aryl methyl sites for hydroxylation is 1. The van der Waals surface area contributed by atoms with Crippen molar-refractivity contribution < 1.29 is 46.9 Å². The van der Waals surface area contributed by atoms with Crippen LogP contribution in [0.5, 0.6) is 5.75 Å². The maximum atomic E-state index is 16.9. The van der Waals surface area contributed by atoms with Crippen molar-refractivity contribution in [1.82, 2.24) is 44.9 Å². The molecule has 6 aromatic rings. The van der Waals surface area contributed by atoms with Crippen LogP contribution in [0.4, 0.5) is 18.4 Å². The van der Waals surface area contributed by atoms with Crippen LogP contribution in [0.2, 0.25) is 0 Å². The normalized spacial score (nSPS) is 19.3. The maximum absolute atomic E-state index is 16.9. The van der Waals surface area contributed by atoms with E-state index < -0.39 is 53.9 Å². The molecule has 5 atom stereocenters. The van der Waals surface area contributed by atoms with Gasteiger partial charge in [0, 0.05) is 47.7 Å². The van der Waals surface area contributed by atoms with Crippen molar-refractivity contribution in [3.8, 4) is 39.5 Å². The molecule has 4 aromatic heterocycles. The number of nitrogens with one attached hydrogen (secondary N) is 4. The summed E-state index contributed by atoms with van der Waals surface area (Å²) in [5.74, 6) is 0.0711. The van der Waals surface area contributed by atoms with Crippen LogP contribution in [0.3, 0.4) is 0 Å². The fraction of sp³-hybridized carbons (Fsp3) is 0.440. The second kappa shape index (κ2) is 22.4. The van der Waals surface area contributed by atoms with Crippen LogP contribution in [0.25, 0.3) is 44.7 Å². The van der Waals surface area contributed by atoms with Crippen molar-refractivity contribution in [2.45, 2.75) is 95.4 Å². The quantitative estimate of drug-likeness (QED) is 0.0973. The van der Waals surface area contributed by atoms with Crippen LogP contribution in [-0.2, 0) is 23.8 Å². The topological polar surface area (TPSA) is 198 Å². The molecule has 73 heavy (non-hydrogen) atoms. The summed E-state index contributed by atoms with van der Waals surface area (Å²) in [5.41, 5.74) is 2.25. The standard InChI is InChI=1S/C50H55F2N9O8S.3H2S/c1-26-10-13-39(70-26)47-61-34-12-11-28(32-24-53-43(55-32)35-8-6-16-59(35)45(62)41(57-48(64)66-4)27-14-18-68-19-15-27)20-30(34)22-37(61)40-31(51)21-29(23-38(40)69-47)33-25-54-44(56-33)36-9-7-17-60(36)46(63)42(50(2,3)52)58-49(65)67-5;;;/h10-13,20-25,27,35-36,41-42,47H,6-9,14-19H2,1-5H3,(H,53,55)(H,54,56)(H,57,64)(H,58,65);3*1H2/t35-,36-,41-,42?,47?;;;/m0.../s1. The fourth-order valence-corrected chi connectivity index (χ4v) is 11.4. The molecule has 3 fully saturated rings. The van der Waals surface area contributed by atoms with Gasteiger partial charge in [-0.25, -0.2) is 28.3 Å². The number of carbonyl (C=O) groups excluding carboxylic acids is 4. The molecular weight excluding hydrogens is 1020 g/mol. The van der Waals surface area contributed by atoms with Gasteiger partial charge in [-0.05, 0) is 108 Å². The van der Waals surface area contributed by atoms with E-state index in [-0.39, 0.29) is 58.4 Å². The van der Waals surface area contributed by atoms with Crippen molar-refractivity contribution in [2.75, 3.05) is 40.5 Å². The first-order valence-electron chi connectivity index (χ1n) is 23.6. The average Bonchev–Trinajstić information content (AvgIpc) is 4.22. The second-order valence-electron chi connectivity index (χ2n) is 18.9. The number of H-pyrrole nitrogens is 2. The zero-order valence-corrected chi connectivity index (χ0v) is 44.8. The number of thiophene rings is 1. The van der Waals surface area contributed by atoms with Gasteiger partial charge in [-0.15, -0.1) is 11.3 Å². The van der Waals surface area contributed by atoms with Gasteiger partial charge in [0.2, 0.25) is 18.0 Å². The van der Waals surface area contributed by atoms with Crippen molar-refractivity contribution in [1.29, 1.82) is 0 Å². The van der Waals surface area contributed by atoms with E-state index in [0.717, 1.165) is 45.4 Å². The Hall–Kier alpha value is -5.75. The molecule has 4 N–H and O–H groups in total. The van der Waals surface area contributed by atoms with E-state index in [1.54, 1.807) is 29.8 Å². The predicted molar refractivity (Wildman–Crippen MR) is 286 cm³/mol. The Labute approximate surface area is 445 Å². The number of imidazole rings is 2. The molecule has 0 spiro atoms. The van der Waals surface area contributed by atoms with Crippen LogP contribution in [0.1, 0.15) is 92.1 Å². The number of nitrogens with zero attached hydrogens (tertiary/aromatic N) is 5. The molecule has 2 unspecified atom stereocenters. The number of ether oxygens (including phenoxy) is 4. The van der Waals surface area contributed by atoms with Gasteiger partial charge in [0.15, 0.2) is 0 Å². The summed E-state index contributed by atoms with van der Waals surface area (Å²) in [4.78, 5) is 74.0. The van der Waals surface area contributed by atoms with E-state index in [4.69, 9.17) is 19.2 Å². The van der Waals surface area contributed by atoms with Crippen molar-refractivity contribution in [3.05, 3.63) is 88.1 Å². The van der Waals surface area contributed by atoms with Crippen molar-refractivity contribution in [2.24, 2.45) is 5.92 Å².